The monoisotopic (exact) mass is 376 g/mol. The maximum Gasteiger partial charge on any atom is 0.338 e. The summed E-state index contributed by atoms with van der Waals surface area (Å²) in [7, 11) is 0. The van der Waals surface area contributed by atoms with E-state index in [1.807, 2.05) is 37.3 Å². The third-order valence-corrected chi connectivity index (χ3v) is 4.23. The Bertz CT molecular complexity index is 955. The Morgan fingerprint density at radius 2 is 1.71 bits per heavy atom. The zero-order chi connectivity index (χ0) is 19.9. The van der Waals surface area contributed by atoms with Crippen molar-refractivity contribution in [2.24, 2.45) is 0 Å². The minimum atomic E-state index is -0.324. The van der Waals surface area contributed by atoms with Crippen molar-refractivity contribution in [2.45, 2.75) is 27.3 Å². The van der Waals surface area contributed by atoms with E-state index >= 15 is 0 Å². The van der Waals surface area contributed by atoms with Gasteiger partial charge >= 0.3 is 5.97 Å². The molecule has 2 N–H and O–H groups in total. The molecule has 3 rings (SSSR count). The van der Waals surface area contributed by atoms with Crippen molar-refractivity contribution in [1.29, 1.82) is 0 Å². The van der Waals surface area contributed by atoms with Crippen LogP contribution in [0.25, 0.3) is 0 Å². The van der Waals surface area contributed by atoms with Crippen molar-refractivity contribution in [3.05, 3.63) is 77.1 Å². The van der Waals surface area contributed by atoms with Crippen molar-refractivity contribution in [1.82, 2.24) is 9.97 Å². The van der Waals surface area contributed by atoms with Gasteiger partial charge in [-0.1, -0.05) is 24.3 Å². The predicted molar refractivity (Wildman–Crippen MR) is 111 cm³/mol. The molecule has 6 nitrogen and oxygen atoms in total. The highest BCUT2D eigenvalue weighted by Gasteiger charge is 2.07. The van der Waals surface area contributed by atoms with Gasteiger partial charge in [-0.25, -0.2) is 14.8 Å². The van der Waals surface area contributed by atoms with Crippen LogP contribution in [-0.4, -0.2) is 22.5 Å². The fourth-order valence-corrected chi connectivity index (χ4v) is 2.77. The number of nitrogens with zero attached hydrogens (tertiary/aromatic N) is 2. The van der Waals surface area contributed by atoms with E-state index in [0.29, 0.717) is 30.4 Å². The topological polar surface area (TPSA) is 76.1 Å². The van der Waals surface area contributed by atoms with Gasteiger partial charge in [0.05, 0.1) is 12.2 Å². The summed E-state index contributed by atoms with van der Waals surface area (Å²) >= 11 is 0. The molecule has 1 heterocycles. The fourth-order valence-electron chi connectivity index (χ4n) is 2.77. The molecule has 0 unspecified atom stereocenters. The highest BCUT2D eigenvalue weighted by atomic mass is 16.5. The number of carbonyl (C=O) groups is 1. The molecule has 0 bridgehead atoms. The van der Waals surface area contributed by atoms with Gasteiger partial charge in [-0.2, -0.15) is 0 Å². The van der Waals surface area contributed by atoms with Crippen LogP contribution in [0, 0.1) is 13.8 Å². The fraction of sp³-hybridized carbons (Fsp3) is 0.227. The largest absolute Gasteiger partial charge is 0.462 e. The van der Waals surface area contributed by atoms with Crippen molar-refractivity contribution >= 4 is 23.3 Å². The van der Waals surface area contributed by atoms with Gasteiger partial charge in [0, 0.05) is 18.3 Å². The number of aryl methyl sites for hydroxylation is 2. The van der Waals surface area contributed by atoms with Crippen molar-refractivity contribution in [3.8, 4) is 0 Å². The molecule has 0 aliphatic rings. The molecule has 0 aliphatic carbocycles. The molecule has 28 heavy (non-hydrogen) atoms. The number of benzene rings is 2. The van der Waals surface area contributed by atoms with Crippen LogP contribution in [0.3, 0.4) is 0 Å². The highest BCUT2D eigenvalue weighted by Crippen LogP contribution is 2.19. The first kappa shape index (κ1) is 19.4. The molecule has 2 aromatic carbocycles. The van der Waals surface area contributed by atoms with E-state index in [2.05, 4.69) is 39.7 Å². The Labute approximate surface area is 165 Å². The Kier molecular flexibility index (Phi) is 6.22. The van der Waals surface area contributed by atoms with E-state index < -0.39 is 0 Å². The molecule has 144 valence electrons. The van der Waals surface area contributed by atoms with Gasteiger partial charge in [0.1, 0.15) is 17.5 Å². The summed E-state index contributed by atoms with van der Waals surface area (Å²) in [6, 6.07) is 17.2. The van der Waals surface area contributed by atoms with E-state index in [4.69, 9.17) is 4.74 Å². The van der Waals surface area contributed by atoms with Crippen molar-refractivity contribution in [3.63, 3.8) is 0 Å². The van der Waals surface area contributed by atoms with Gasteiger partial charge in [0.15, 0.2) is 0 Å². The Hall–Kier alpha value is -3.41. The van der Waals surface area contributed by atoms with Gasteiger partial charge in [-0.05, 0) is 56.2 Å². The number of hydrogen-bond donors (Lipinski definition) is 2. The summed E-state index contributed by atoms with van der Waals surface area (Å²) in [6.45, 7) is 6.79. The minimum Gasteiger partial charge on any atom is -0.462 e. The number of hydrogen-bond acceptors (Lipinski definition) is 6. The maximum atomic E-state index is 11.7. The van der Waals surface area contributed by atoms with Crippen LogP contribution >= 0.6 is 0 Å². The van der Waals surface area contributed by atoms with E-state index in [1.54, 1.807) is 19.1 Å². The summed E-state index contributed by atoms with van der Waals surface area (Å²) in [6.07, 6.45) is 0. The second-order valence-corrected chi connectivity index (χ2v) is 6.39. The summed E-state index contributed by atoms with van der Waals surface area (Å²) in [5.74, 6) is 1.78. The van der Waals surface area contributed by atoms with E-state index in [1.165, 1.54) is 11.1 Å². The number of carbonyl (C=O) groups excluding carboxylic acids is 1. The number of aromatic nitrogens is 2. The Morgan fingerprint density at radius 1 is 1.00 bits per heavy atom. The molecule has 0 saturated carbocycles. The SMILES string of the molecule is CCOC(=O)c1ccc(Nc2cc(NCc3ccccc3C)nc(C)n2)cc1. The molecule has 0 radical (unpaired) electrons. The third-order valence-electron chi connectivity index (χ3n) is 4.23. The molecule has 6 heteroatoms. The van der Waals surface area contributed by atoms with Crippen LogP contribution in [0.4, 0.5) is 17.3 Å². The number of esters is 1. The van der Waals surface area contributed by atoms with Crippen LogP contribution in [0.2, 0.25) is 0 Å². The zero-order valence-corrected chi connectivity index (χ0v) is 16.3. The molecule has 3 aromatic rings. The first-order valence-corrected chi connectivity index (χ1v) is 9.23. The lowest BCUT2D eigenvalue weighted by molar-refractivity contribution is 0.0526. The minimum absolute atomic E-state index is 0.324. The Morgan fingerprint density at radius 3 is 2.43 bits per heavy atom. The first-order chi connectivity index (χ1) is 13.5. The van der Waals surface area contributed by atoms with E-state index in [-0.39, 0.29) is 5.97 Å². The van der Waals surface area contributed by atoms with Gasteiger partial charge in [0.25, 0.3) is 0 Å². The first-order valence-electron chi connectivity index (χ1n) is 9.23. The second-order valence-electron chi connectivity index (χ2n) is 6.39. The lowest BCUT2D eigenvalue weighted by atomic mass is 10.1. The highest BCUT2D eigenvalue weighted by molar-refractivity contribution is 5.89. The third kappa shape index (κ3) is 5.07. The Balaban J connectivity index is 1.69. The van der Waals surface area contributed by atoms with Crippen LogP contribution in [-0.2, 0) is 11.3 Å². The lowest BCUT2D eigenvalue weighted by Crippen LogP contribution is -2.06. The average Bonchev–Trinajstić information content (AvgIpc) is 2.68. The summed E-state index contributed by atoms with van der Waals surface area (Å²) in [5.41, 5.74) is 3.81. The summed E-state index contributed by atoms with van der Waals surface area (Å²) in [5, 5.41) is 6.60. The van der Waals surface area contributed by atoms with Crippen LogP contribution < -0.4 is 10.6 Å². The summed E-state index contributed by atoms with van der Waals surface area (Å²) < 4.78 is 5.00. The molecular weight excluding hydrogens is 352 g/mol. The number of rotatable bonds is 7. The normalized spacial score (nSPS) is 10.4. The quantitative estimate of drug-likeness (QED) is 0.586. The molecule has 0 fully saturated rings. The molecule has 0 atom stereocenters. The molecule has 1 aromatic heterocycles. The number of anilines is 3. The molecule has 0 amide bonds. The maximum absolute atomic E-state index is 11.7. The standard InChI is InChI=1S/C22H24N4O2/c1-4-28-22(27)17-9-11-19(12-10-17)26-21-13-20(24-16(3)25-21)23-14-18-8-6-5-7-15(18)2/h5-13H,4,14H2,1-3H3,(H2,23,24,25,26). The zero-order valence-electron chi connectivity index (χ0n) is 16.3. The van der Waals surface area contributed by atoms with E-state index in [0.717, 1.165) is 11.5 Å². The van der Waals surface area contributed by atoms with Crippen LogP contribution in [0.1, 0.15) is 34.2 Å². The van der Waals surface area contributed by atoms with Gasteiger partial charge in [0.2, 0.25) is 0 Å². The van der Waals surface area contributed by atoms with Crippen LogP contribution in [0.15, 0.2) is 54.6 Å². The average molecular weight is 376 g/mol. The van der Waals surface area contributed by atoms with E-state index in [9.17, 15) is 4.79 Å². The molecule has 0 aliphatic heterocycles. The smallest absolute Gasteiger partial charge is 0.338 e. The second kappa shape index (κ2) is 8.99. The van der Waals surface area contributed by atoms with Gasteiger partial charge < -0.3 is 15.4 Å². The number of nitrogens with one attached hydrogen (secondary N) is 2. The molecule has 0 saturated heterocycles. The van der Waals surface area contributed by atoms with Gasteiger partial charge in [-0.3, -0.25) is 0 Å². The summed E-state index contributed by atoms with van der Waals surface area (Å²) in [4.78, 5) is 20.6. The molecule has 0 spiro atoms. The predicted octanol–water partition coefficient (Wildman–Crippen LogP) is 4.63. The number of ether oxygens (including phenoxy) is 1. The van der Waals surface area contributed by atoms with Crippen molar-refractivity contribution < 1.29 is 9.53 Å². The van der Waals surface area contributed by atoms with Crippen molar-refractivity contribution in [2.75, 3.05) is 17.2 Å². The lowest BCUT2D eigenvalue weighted by Gasteiger charge is -2.11. The van der Waals surface area contributed by atoms with Crippen LogP contribution in [0.5, 0.6) is 0 Å². The molecular formula is C22H24N4O2. The van der Waals surface area contributed by atoms with Gasteiger partial charge in [-0.15, -0.1) is 0 Å².